The Morgan fingerprint density at radius 2 is 1.88 bits per heavy atom. The van der Waals surface area contributed by atoms with Crippen molar-refractivity contribution in [3.8, 4) is 0 Å². The topological polar surface area (TPSA) is 69.7 Å². The van der Waals surface area contributed by atoms with E-state index in [2.05, 4.69) is 4.74 Å². The van der Waals surface area contributed by atoms with Crippen molar-refractivity contribution in [1.29, 1.82) is 0 Å². The van der Waals surface area contributed by atoms with Gasteiger partial charge in [0.2, 0.25) is 0 Å². The van der Waals surface area contributed by atoms with Gasteiger partial charge in [-0.2, -0.15) is 0 Å². The summed E-state index contributed by atoms with van der Waals surface area (Å²) < 4.78 is 9.65. The van der Waals surface area contributed by atoms with Gasteiger partial charge in [0, 0.05) is 6.92 Å². The van der Waals surface area contributed by atoms with E-state index in [4.69, 9.17) is 4.74 Å². The van der Waals surface area contributed by atoms with Crippen LogP contribution in [0.5, 0.6) is 0 Å². The molecular formula is C12H20O5. The Morgan fingerprint density at radius 3 is 2.24 bits per heavy atom. The minimum atomic E-state index is -1.13. The molecule has 0 aromatic rings. The maximum atomic E-state index is 11.5. The summed E-state index contributed by atoms with van der Waals surface area (Å²) in [6, 6.07) is 0. The number of Topliss-reactive ketones (excluding diaryl/α,β-unsaturated/α-hetero) is 1. The molecule has 0 N–H and O–H groups in total. The molecule has 5 heteroatoms. The van der Waals surface area contributed by atoms with Crippen LogP contribution in [0.15, 0.2) is 0 Å². The van der Waals surface area contributed by atoms with Crippen LogP contribution in [0.3, 0.4) is 0 Å². The van der Waals surface area contributed by atoms with E-state index in [1.807, 2.05) is 13.8 Å². The summed E-state index contributed by atoms with van der Waals surface area (Å²) >= 11 is 0. The van der Waals surface area contributed by atoms with Crippen molar-refractivity contribution in [3.63, 3.8) is 0 Å². The number of rotatable bonds is 8. The van der Waals surface area contributed by atoms with Gasteiger partial charge in [0.15, 0.2) is 6.79 Å². The third-order valence-corrected chi connectivity index (χ3v) is 2.40. The molecule has 5 nitrogen and oxygen atoms in total. The Kier molecular flexibility index (Phi) is 6.65. The van der Waals surface area contributed by atoms with Gasteiger partial charge in [0.05, 0.1) is 6.61 Å². The van der Waals surface area contributed by atoms with Crippen LogP contribution in [-0.4, -0.2) is 31.4 Å². The van der Waals surface area contributed by atoms with Crippen LogP contribution in [0.25, 0.3) is 0 Å². The molecule has 0 aliphatic rings. The minimum absolute atomic E-state index is 0.0582. The van der Waals surface area contributed by atoms with Crippen molar-refractivity contribution in [3.05, 3.63) is 0 Å². The minimum Gasteiger partial charge on any atom is -0.439 e. The lowest BCUT2D eigenvalue weighted by atomic mass is 9.79. The highest BCUT2D eigenvalue weighted by Crippen LogP contribution is 2.26. The first-order chi connectivity index (χ1) is 7.84. The van der Waals surface area contributed by atoms with Crippen LogP contribution >= 0.6 is 0 Å². The molecule has 0 saturated carbocycles. The van der Waals surface area contributed by atoms with Crippen LogP contribution in [0.2, 0.25) is 0 Å². The summed E-state index contributed by atoms with van der Waals surface area (Å²) in [7, 11) is 0. The van der Waals surface area contributed by atoms with Crippen molar-refractivity contribution in [2.45, 2.75) is 34.1 Å². The Labute approximate surface area is 101 Å². The van der Waals surface area contributed by atoms with Gasteiger partial charge >= 0.3 is 5.97 Å². The van der Waals surface area contributed by atoms with E-state index >= 15 is 0 Å². The maximum Gasteiger partial charge on any atom is 0.304 e. The van der Waals surface area contributed by atoms with Gasteiger partial charge in [-0.05, 0) is 19.3 Å². The average Bonchev–Trinajstić information content (AvgIpc) is 2.21. The number of hydrogen-bond acceptors (Lipinski definition) is 5. The molecular weight excluding hydrogens is 224 g/mol. The molecule has 0 radical (unpaired) electrons. The number of ketones is 1. The second-order valence-electron chi connectivity index (χ2n) is 4.53. The fourth-order valence-electron chi connectivity index (χ4n) is 1.55. The molecule has 0 aliphatic carbocycles. The van der Waals surface area contributed by atoms with Crippen LogP contribution < -0.4 is 0 Å². The summed E-state index contributed by atoms with van der Waals surface area (Å²) in [6.45, 7) is 6.18. The van der Waals surface area contributed by atoms with Gasteiger partial charge in [-0.3, -0.25) is 9.59 Å². The van der Waals surface area contributed by atoms with E-state index in [9.17, 15) is 14.4 Å². The summed E-state index contributed by atoms with van der Waals surface area (Å²) in [6.07, 6.45) is 1.05. The van der Waals surface area contributed by atoms with Gasteiger partial charge in [-0.15, -0.1) is 0 Å². The zero-order valence-electron chi connectivity index (χ0n) is 10.8. The highest BCUT2D eigenvalue weighted by atomic mass is 16.7. The molecule has 98 valence electrons. The predicted molar refractivity (Wildman–Crippen MR) is 61.2 cm³/mol. The van der Waals surface area contributed by atoms with Crippen molar-refractivity contribution < 1.29 is 23.9 Å². The largest absolute Gasteiger partial charge is 0.439 e. The lowest BCUT2D eigenvalue weighted by Crippen LogP contribution is -2.37. The van der Waals surface area contributed by atoms with Crippen LogP contribution in [0.4, 0.5) is 0 Å². The number of carbonyl (C=O) groups excluding carboxylic acids is 3. The van der Waals surface area contributed by atoms with Crippen LogP contribution in [-0.2, 0) is 23.9 Å². The molecule has 0 spiro atoms. The molecule has 0 aromatic carbocycles. The van der Waals surface area contributed by atoms with Crippen LogP contribution in [0.1, 0.15) is 34.1 Å². The Morgan fingerprint density at radius 1 is 1.29 bits per heavy atom. The smallest absolute Gasteiger partial charge is 0.304 e. The number of esters is 1. The summed E-state index contributed by atoms with van der Waals surface area (Å²) in [5.74, 6) is -0.501. The lowest BCUT2D eigenvalue weighted by Gasteiger charge is -2.26. The summed E-state index contributed by atoms with van der Waals surface area (Å²) in [5.41, 5.74) is -1.13. The fourth-order valence-corrected chi connectivity index (χ4v) is 1.55. The molecule has 0 fully saturated rings. The zero-order valence-corrected chi connectivity index (χ0v) is 10.8. The highest BCUT2D eigenvalue weighted by molar-refractivity contribution is 5.96. The molecule has 1 unspecified atom stereocenters. The van der Waals surface area contributed by atoms with E-state index in [0.29, 0.717) is 12.7 Å². The van der Waals surface area contributed by atoms with E-state index in [-0.39, 0.29) is 25.1 Å². The first kappa shape index (κ1) is 15.8. The lowest BCUT2D eigenvalue weighted by molar-refractivity contribution is -0.158. The number of hydrogen-bond donors (Lipinski definition) is 0. The molecule has 0 bridgehead atoms. The molecule has 1 atom stereocenters. The SMILES string of the molecule is CC(=O)OCOCC(C=O)(CC(C)C)C(C)=O. The quantitative estimate of drug-likeness (QED) is 0.212. The summed E-state index contributed by atoms with van der Waals surface area (Å²) in [5, 5.41) is 0. The number of carbonyl (C=O) groups is 3. The maximum absolute atomic E-state index is 11.5. The van der Waals surface area contributed by atoms with E-state index in [1.54, 1.807) is 0 Å². The Balaban J connectivity index is 4.43. The normalized spacial score (nSPS) is 14.2. The molecule has 0 aliphatic heterocycles. The third-order valence-electron chi connectivity index (χ3n) is 2.40. The molecule has 0 rings (SSSR count). The third kappa shape index (κ3) is 5.58. The van der Waals surface area contributed by atoms with Crippen molar-refractivity contribution in [2.75, 3.05) is 13.4 Å². The fraction of sp³-hybridized carbons (Fsp3) is 0.750. The Hall–Kier alpha value is -1.23. The van der Waals surface area contributed by atoms with E-state index < -0.39 is 11.4 Å². The average molecular weight is 244 g/mol. The van der Waals surface area contributed by atoms with Gasteiger partial charge in [0.25, 0.3) is 0 Å². The van der Waals surface area contributed by atoms with Crippen molar-refractivity contribution >= 4 is 18.0 Å². The Bertz CT molecular complexity index is 285. The highest BCUT2D eigenvalue weighted by Gasteiger charge is 2.36. The van der Waals surface area contributed by atoms with Gasteiger partial charge in [0.1, 0.15) is 17.5 Å². The van der Waals surface area contributed by atoms with E-state index in [0.717, 1.165) is 0 Å². The number of ether oxygens (including phenoxy) is 2. The molecule has 0 saturated heterocycles. The second-order valence-corrected chi connectivity index (χ2v) is 4.53. The second kappa shape index (κ2) is 7.17. The molecule has 17 heavy (non-hydrogen) atoms. The van der Waals surface area contributed by atoms with Crippen molar-refractivity contribution in [2.24, 2.45) is 11.3 Å². The predicted octanol–water partition coefficient (Wildman–Crippen LogP) is 1.34. The van der Waals surface area contributed by atoms with E-state index in [1.165, 1.54) is 13.8 Å². The summed E-state index contributed by atoms with van der Waals surface area (Å²) in [4.78, 5) is 33.2. The van der Waals surface area contributed by atoms with Crippen molar-refractivity contribution in [1.82, 2.24) is 0 Å². The first-order valence-corrected chi connectivity index (χ1v) is 5.52. The number of aldehydes is 1. The zero-order chi connectivity index (χ0) is 13.5. The molecule has 0 amide bonds. The molecule has 0 heterocycles. The van der Waals surface area contributed by atoms with Gasteiger partial charge in [-0.25, -0.2) is 0 Å². The molecule has 0 aromatic heterocycles. The first-order valence-electron chi connectivity index (χ1n) is 5.52. The standard InChI is InChI=1S/C12H20O5/c1-9(2)5-12(6-13,10(3)14)7-16-8-17-11(4)15/h6,9H,5,7-8H2,1-4H3. The monoisotopic (exact) mass is 244 g/mol. The van der Waals surface area contributed by atoms with Gasteiger partial charge in [-0.1, -0.05) is 13.8 Å². The van der Waals surface area contributed by atoms with Crippen LogP contribution in [0, 0.1) is 11.3 Å². The van der Waals surface area contributed by atoms with Gasteiger partial charge < -0.3 is 14.3 Å².